The Morgan fingerprint density at radius 1 is 0.941 bits per heavy atom. The Morgan fingerprint density at radius 3 is 2.18 bits per heavy atom. The summed E-state index contributed by atoms with van der Waals surface area (Å²) >= 11 is 0. The highest BCUT2D eigenvalue weighted by Gasteiger charge is 1.94. The van der Waals surface area contributed by atoms with Crippen molar-refractivity contribution in [3.63, 3.8) is 0 Å². The number of hydrogen-bond acceptors (Lipinski definition) is 1. The third-order valence-corrected chi connectivity index (χ3v) is 2.98. The maximum Gasteiger partial charge on any atom is 0.129 e. The van der Waals surface area contributed by atoms with Crippen molar-refractivity contribution in [3.05, 3.63) is 12.2 Å². The Kier molecular flexibility index (Phi) is 11.5. The lowest BCUT2D eigenvalue weighted by atomic mass is 10.1. The second kappa shape index (κ2) is 11.9. The highest BCUT2D eigenvalue weighted by molar-refractivity contribution is 5.75. The average Bonchev–Trinajstić information content (AvgIpc) is 2.25. The van der Waals surface area contributed by atoms with Crippen LogP contribution in [-0.2, 0) is 4.79 Å². The minimum Gasteiger partial charge on any atom is -0.300 e. The van der Waals surface area contributed by atoms with E-state index in [2.05, 4.69) is 26.0 Å². The summed E-state index contributed by atoms with van der Waals surface area (Å²) in [6.45, 7) is 6.23. The predicted molar refractivity (Wildman–Crippen MR) is 76.2 cm³/mol. The van der Waals surface area contributed by atoms with Crippen molar-refractivity contribution in [3.8, 4) is 0 Å². The van der Waals surface area contributed by atoms with Gasteiger partial charge in [-0.3, -0.25) is 0 Å². The SMILES string of the molecule is CC(=O)CCCCCCC/C=C\CCC(C)C. The van der Waals surface area contributed by atoms with Crippen LogP contribution in [0.25, 0.3) is 0 Å². The Labute approximate surface area is 108 Å². The van der Waals surface area contributed by atoms with E-state index in [-0.39, 0.29) is 0 Å². The number of Topliss-reactive ketones (excluding diaryl/α,β-unsaturated/α-hetero) is 1. The van der Waals surface area contributed by atoms with Crippen molar-refractivity contribution in [2.75, 3.05) is 0 Å². The van der Waals surface area contributed by atoms with Crippen LogP contribution in [0.15, 0.2) is 12.2 Å². The highest BCUT2D eigenvalue weighted by atomic mass is 16.1. The zero-order valence-electron chi connectivity index (χ0n) is 12.0. The number of carbonyl (C=O) groups is 1. The van der Waals surface area contributed by atoms with E-state index < -0.39 is 0 Å². The molecule has 0 amide bonds. The maximum absolute atomic E-state index is 10.7. The van der Waals surface area contributed by atoms with E-state index in [1.165, 1.54) is 44.9 Å². The van der Waals surface area contributed by atoms with Gasteiger partial charge < -0.3 is 4.79 Å². The molecular weight excluding hydrogens is 208 g/mol. The third kappa shape index (κ3) is 15.4. The molecule has 0 rings (SSSR count). The molecule has 1 nitrogen and oxygen atoms in total. The molecule has 0 aromatic rings. The van der Waals surface area contributed by atoms with Gasteiger partial charge in [0.25, 0.3) is 0 Å². The van der Waals surface area contributed by atoms with Crippen LogP contribution in [0.2, 0.25) is 0 Å². The highest BCUT2D eigenvalue weighted by Crippen LogP contribution is 2.09. The van der Waals surface area contributed by atoms with Crippen molar-refractivity contribution in [2.24, 2.45) is 5.92 Å². The van der Waals surface area contributed by atoms with Crippen LogP contribution in [0.1, 0.15) is 78.6 Å². The predicted octanol–water partition coefficient (Wildman–Crippen LogP) is 5.30. The van der Waals surface area contributed by atoms with Crippen molar-refractivity contribution in [1.29, 1.82) is 0 Å². The largest absolute Gasteiger partial charge is 0.300 e. The number of hydrogen-bond donors (Lipinski definition) is 0. The first-order valence-corrected chi connectivity index (χ1v) is 7.27. The van der Waals surface area contributed by atoms with Gasteiger partial charge in [0.05, 0.1) is 0 Å². The zero-order valence-corrected chi connectivity index (χ0v) is 12.0. The molecule has 0 aromatic heterocycles. The molecule has 0 unspecified atom stereocenters. The maximum atomic E-state index is 10.7. The molecule has 0 heterocycles. The number of ketones is 1. The van der Waals surface area contributed by atoms with E-state index in [1.807, 2.05) is 0 Å². The second-order valence-electron chi connectivity index (χ2n) is 5.45. The molecule has 0 N–H and O–H groups in total. The molecule has 0 atom stereocenters. The number of carbonyl (C=O) groups excluding carboxylic acids is 1. The lowest BCUT2D eigenvalue weighted by Crippen LogP contribution is -1.89. The van der Waals surface area contributed by atoms with Crippen LogP contribution >= 0.6 is 0 Å². The van der Waals surface area contributed by atoms with E-state index in [1.54, 1.807) is 6.92 Å². The topological polar surface area (TPSA) is 17.1 Å². The summed E-state index contributed by atoms with van der Waals surface area (Å²) in [6.07, 6.45) is 15.4. The number of allylic oxidation sites excluding steroid dienone is 2. The van der Waals surface area contributed by atoms with Crippen LogP contribution in [0.4, 0.5) is 0 Å². The molecule has 0 aliphatic heterocycles. The standard InChI is InChI=1S/C16H30O/c1-15(2)13-11-9-7-5-4-6-8-10-12-14-16(3)17/h7,9,15H,4-6,8,10-14H2,1-3H3/b9-7-. The summed E-state index contributed by atoms with van der Waals surface area (Å²) in [4.78, 5) is 10.7. The van der Waals surface area contributed by atoms with Gasteiger partial charge in [0.1, 0.15) is 5.78 Å². The monoisotopic (exact) mass is 238 g/mol. The van der Waals surface area contributed by atoms with Crippen LogP contribution in [0.5, 0.6) is 0 Å². The minimum absolute atomic E-state index is 0.332. The van der Waals surface area contributed by atoms with Crippen molar-refractivity contribution >= 4 is 5.78 Å². The van der Waals surface area contributed by atoms with E-state index >= 15 is 0 Å². The summed E-state index contributed by atoms with van der Waals surface area (Å²) in [5.74, 6) is 1.15. The van der Waals surface area contributed by atoms with Crippen molar-refractivity contribution < 1.29 is 4.79 Å². The van der Waals surface area contributed by atoms with Gasteiger partial charge in [-0.15, -0.1) is 0 Å². The van der Waals surface area contributed by atoms with Gasteiger partial charge in [0.15, 0.2) is 0 Å². The molecule has 0 radical (unpaired) electrons. The van der Waals surface area contributed by atoms with E-state index in [0.717, 1.165) is 18.8 Å². The molecule has 17 heavy (non-hydrogen) atoms. The Balaban J connectivity index is 3.10. The summed E-state index contributed by atoms with van der Waals surface area (Å²) in [7, 11) is 0. The average molecular weight is 238 g/mol. The first-order chi connectivity index (χ1) is 8.13. The van der Waals surface area contributed by atoms with Crippen LogP contribution < -0.4 is 0 Å². The smallest absolute Gasteiger partial charge is 0.129 e. The number of unbranched alkanes of at least 4 members (excludes halogenated alkanes) is 5. The van der Waals surface area contributed by atoms with Gasteiger partial charge in [-0.25, -0.2) is 0 Å². The first-order valence-electron chi connectivity index (χ1n) is 7.27. The molecule has 0 aromatic carbocycles. The lowest BCUT2D eigenvalue weighted by Gasteiger charge is -2.00. The first kappa shape index (κ1) is 16.4. The molecule has 0 bridgehead atoms. The molecule has 0 saturated carbocycles. The van der Waals surface area contributed by atoms with Crippen molar-refractivity contribution in [2.45, 2.75) is 78.6 Å². The van der Waals surface area contributed by atoms with Crippen molar-refractivity contribution in [1.82, 2.24) is 0 Å². The molecular formula is C16H30O. The summed E-state index contributed by atoms with van der Waals surface area (Å²) in [5, 5.41) is 0. The molecule has 0 fully saturated rings. The fraction of sp³-hybridized carbons (Fsp3) is 0.812. The minimum atomic E-state index is 0.332. The molecule has 0 saturated heterocycles. The van der Waals surface area contributed by atoms with Gasteiger partial charge in [0, 0.05) is 6.42 Å². The van der Waals surface area contributed by atoms with E-state index in [9.17, 15) is 4.79 Å². The fourth-order valence-corrected chi connectivity index (χ4v) is 1.83. The van der Waals surface area contributed by atoms with E-state index in [0.29, 0.717) is 5.78 Å². The van der Waals surface area contributed by atoms with Crippen LogP contribution in [0.3, 0.4) is 0 Å². The summed E-state index contributed by atoms with van der Waals surface area (Å²) in [5.41, 5.74) is 0. The van der Waals surface area contributed by atoms with Gasteiger partial charge >= 0.3 is 0 Å². The lowest BCUT2D eigenvalue weighted by molar-refractivity contribution is -0.117. The summed E-state index contributed by atoms with van der Waals surface area (Å²) in [6, 6.07) is 0. The normalized spacial score (nSPS) is 11.5. The van der Waals surface area contributed by atoms with Crippen LogP contribution in [-0.4, -0.2) is 5.78 Å². The van der Waals surface area contributed by atoms with Crippen LogP contribution in [0, 0.1) is 5.92 Å². The van der Waals surface area contributed by atoms with Gasteiger partial charge in [-0.2, -0.15) is 0 Å². The van der Waals surface area contributed by atoms with Gasteiger partial charge in [-0.05, 0) is 44.9 Å². The fourth-order valence-electron chi connectivity index (χ4n) is 1.83. The Bertz CT molecular complexity index is 204. The third-order valence-electron chi connectivity index (χ3n) is 2.98. The Hall–Kier alpha value is -0.590. The molecule has 0 aliphatic rings. The molecule has 0 spiro atoms. The quantitative estimate of drug-likeness (QED) is 0.353. The van der Waals surface area contributed by atoms with Gasteiger partial charge in [-0.1, -0.05) is 45.3 Å². The molecule has 0 aliphatic carbocycles. The Morgan fingerprint density at radius 2 is 1.53 bits per heavy atom. The summed E-state index contributed by atoms with van der Waals surface area (Å²) < 4.78 is 0. The van der Waals surface area contributed by atoms with E-state index in [4.69, 9.17) is 0 Å². The zero-order chi connectivity index (χ0) is 12.9. The number of rotatable bonds is 11. The van der Waals surface area contributed by atoms with Gasteiger partial charge in [0.2, 0.25) is 0 Å². The second-order valence-corrected chi connectivity index (χ2v) is 5.45. The molecule has 100 valence electrons. The molecule has 1 heteroatoms.